The molecular formula is C18H32N4O2. The van der Waals surface area contributed by atoms with Gasteiger partial charge in [0.2, 0.25) is 0 Å². The number of aliphatic hydroxyl groups is 1. The van der Waals surface area contributed by atoms with E-state index in [0.717, 1.165) is 38.3 Å². The summed E-state index contributed by atoms with van der Waals surface area (Å²) in [5.41, 5.74) is 1.44. The summed E-state index contributed by atoms with van der Waals surface area (Å²) in [6.07, 6.45) is 1.02. The summed E-state index contributed by atoms with van der Waals surface area (Å²) in [6, 6.07) is 1.72. The van der Waals surface area contributed by atoms with E-state index in [9.17, 15) is 9.90 Å². The monoisotopic (exact) mass is 336 g/mol. The van der Waals surface area contributed by atoms with Crippen LogP contribution in [-0.2, 0) is 7.05 Å². The first-order valence-electron chi connectivity index (χ1n) is 9.11. The van der Waals surface area contributed by atoms with Gasteiger partial charge in [-0.25, -0.2) is 0 Å². The number of rotatable bonds is 7. The summed E-state index contributed by atoms with van der Waals surface area (Å²) in [4.78, 5) is 17.3. The highest BCUT2D eigenvalue weighted by atomic mass is 16.3. The molecule has 3 atom stereocenters. The molecule has 2 rings (SSSR count). The summed E-state index contributed by atoms with van der Waals surface area (Å²) in [5.74, 6) is 0.733. The molecule has 0 spiro atoms. The number of amides is 1. The van der Waals surface area contributed by atoms with Crippen LogP contribution in [0.1, 0.15) is 43.4 Å². The average Bonchev–Trinajstić information content (AvgIpc) is 3.10. The molecule has 24 heavy (non-hydrogen) atoms. The van der Waals surface area contributed by atoms with Gasteiger partial charge in [0.1, 0.15) is 5.69 Å². The van der Waals surface area contributed by atoms with Gasteiger partial charge in [0.25, 0.3) is 5.91 Å². The standard InChI is InChI=1S/C18H32N4O2/c1-6-14-10-22(18(24)16-9-13(4)19-20(16)5)17(12-23)15(14)11-21(7-2)8-3/h9,14-15,17,23H,6-8,10-12H2,1-5H3/t14-,15-,17-/m1/s1. The molecule has 1 aliphatic rings. The number of hydrogen-bond donors (Lipinski definition) is 1. The number of aliphatic hydroxyl groups excluding tert-OH is 1. The van der Waals surface area contributed by atoms with Crippen molar-refractivity contribution < 1.29 is 9.90 Å². The van der Waals surface area contributed by atoms with Crippen molar-refractivity contribution in [3.05, 3.63) is 17.5 Å². The van der Waals surface area contributed by atoms with Crippen LogP contribution >= 0.6 is 0 Å². The fraction of sp³-hybridized carbons (Fsp3) is 0.778. The van der Waals surface area contributed by atoms with Crippen molar-refractivity contribution in [2.45, 2.75) is 40.2 Å². The molecule has 0 bridgehead atoms. The molecule has 0 radical (unpaired) electrons. The molecule has 6 nitrogen and oxygen atoms in total. The molecule has 1 amide bonds. The van der Waals surface area contributed by atoms with E-state index in [-0.39, 0.29) is 18.6 Å². The first-order valence-corrected chi connectivity index (χ1v) is 9.11. The minimum atomic E-state index is -0.113. The van der Waals surface area contributed by atoms with Crippen molar-refractivity contribution in [3.8, 4) is 0 Å². The lowest BCUT2D eigenvalue weighted by Gasteiger charge is -2.30. The van der Waals surface area contributed by atoms with Gasteiger partial charge < -0.3 is 14.9 Å². The van der Waals surface area contributed by atoms with Gasteiger partial charge in [-0.15, -0.1) is 0 Å². The van der Waals surface area contributed by atoms with E-state index in [1.165, 1.54) is 0 Å². The Morgan fingerprint density at radius 3 is 2.50 bits per heavy atom. The minimum Gasteiger partial charge on any atom is -0.394 e. The number of nitrogens with zero attached hydrogens (tertiary/aromatic N) is 4. The third-order valence-corrected chi connectivity index (χ3v) is 5.49. The van der Waals surface area contributed by atoms with Crippen LogP contribution in [0.2, 0.25) is 0 Å². The van der Waals surface area contributed by atoms with Crippen molar-refractivity contribution in [1.29, 1.82) is 0 Å². The second-order valence-electron chi connectivity index (χ2n) is 6.82. The zero-order valence-corrected chi connectivity index (χ0v) is 15.7. The number of aryl methyl sites for hydroxylation is 2. The molecule has 1 saturated heterocycles. The fourth-order valence-corrected chi connectivity index (χ4v) is 3.98. The minimum absolute atomic E-state index is 0.0161. The second kappa shape index (κ2) is 8.12. The number of likely N-dealkylation sites (tertiary alicyclic amines) is 1. The molecule has 0 unspecified atom stereocenters. The lowest BCUT2D eigenvalue weighted by Crippen LogP contribution is -2.44. The van der Waals surface area contributed by atoms with Crippen LogP contribution in [0.4, 0.5) is 0 Å². The van der Waals surface area contributed by atoms with E-state index in [4.69, 9.17) is 0 Å². The number of hydrogen-bond acceptors (Lipinski definition) is 4. The van der Waals surface area contributed by atoms with Gasteiger partial charge in [0.15, 0.2) is 0 Å². The molecule has 1 aromatic rings. The van der Waals surface area contributed by atoms with Gasteiger partial charge in [-0.3, -0.25) is 9.48 Å². The van der Waals surface area contributed by atoms with E-state index in [1.807, 2.05) is 17.9 Å². The molecule has 1 N–H and O–H groups in total. The number of carbonyl (C=O) groups is 1. The maximum atomic E-state index is 13.0. The van der Waals surface area contributed by atoms with E-state index in [0.29, 0.717) is 17.5 Å². The Bertz CT molecular complexity index is 553. The van der Waals surface area contributed by atoms with Crippen LogP contribution in [-0.4, -0.2) is 69.4 Å². The first kappa shape index (κ1) is 18.9. The van der Waals surface area contributed by atoms with Gasteiger partial charge in [-0.2, -0.15) is 5.10 Å². The van der Waals surface area contributed by atoms with Crippen molar-refractivity contribution in [2.75, 3.05) is 32.8 Å². The lowest BCUT2D eigenvalue weighted by atomic mass is 9.88. The van der Waals surface area contributed by atoms with Crippen LogP contribution in [0.15, 0.2) is 6.07 Å². The summed E-state index contributed by atoms with van der Waals surface area (Å²) in [7, 11) is 1.80. The third kappa shape index (κ3) is 3.64. The Hall–Kier alpha value is -1.40. The maximum Gasteiger partial charge on any atom is 0.272 e. The van der Waals surface area contributed by atoms with E-state index >= 15 is 0 Å². The lowest BCUT2D eigenvalue weighted by molar-refractivity contribution is 0.0609. The number of aromatic nitrogens is 2. The fourth-order valence-electron chi connectivity index (χ4n) is 3.98. The Balaban J connectivity index is 2.24. The SMILES string of the molecule is CC[C@@H]1CN(C(=O)c2cc(C)nn2C)[C@H](CO)[C@@H]1CN(CC)CC. The smallest absolute Gasteiger partial charge is 0.272 e. The highest BCUT2D eigenvalue weighted by Gasteiger charge is 2.43. The Kier molecular flexibility index (Phi) is 6.40. The zero-order chi connectivity index (χ0) is 17.9. The molecule has 6 heteroatoms. The van der Waals surface area contributed by atoms with Crippen molar-refractivity contribution in [1.82, 2.24) is 19.6 Å². The summed E-state index contributed by atoms with van der Waals surface area (Å²) in [5, 5.41) is 14.3. The molecular weight excluding hydrogens is 304 g/mol. The van der Waals surface area contributed by atoms with Crippen molar-refractivity contribution in [2.24, 2.45) is 18.9 Å². The van der Waals surface area contributed by atoms with Gasteiger partial charge in [-0.05, 0) is 37.9 Å². The quantitative estimate of drug-likeness (QED) is 0.820. The largest absolute Gasteiger partial charge is 0.394 e. The second-order valence-corrected chi connectivity index (χ2v) is 6.82. The van der Waals surface area contributed by atoms with E-state index in [1.54, 1.807) is 11.7 Å². The average molecular weight is 336 g/mol. The van der Waals surface area contributed by atoms with Gasteiger partial charge in [0, 0.05) is 20.1 Å². The van der Waals surface area contributed by atoms with Gasteiger partial charge >= 0.3 is 0 Å². The van der Waals surface area contributed by atoms with Crippen LogP contribution in [0.25, 0.3) is 0 Å². The predicted molar refractivity (Wildman–Crippen MR) is 94.9 cm³/mol. The molecule has 0 aromatic carbocycles. The predicted octanol–water partition coefficient (Wildman–Crippen LogP) is 1.53. The van der Waals surface area contributed by atoms with E-state index < -0.39 is 0 Å². The summed E-state index contributed by atoms with van der Waals surface area (Å²) < 4.78 is 1.64. The highest BCUT2D eigenvalue weighted by molar-refractivity contribution is 5.93. The molecule has 0 saturated carbocycles. The third-order valence-electron chi connectivity index (χ3n) is 5.49. The van der Waals surface area contributed by atoms with Crippen molar-refractivity contribution in [3.63, 3.8) is 0 Å². The van der Waals surface area contributed by atoms with Gasteiger partial charge in [0.05, 0.1) is 18.3 Å². The van der Waals surface area contributed by atoms with Crippen LogP contribution < -0.4 is 0 Å². The molecule has 2 heterocycles. The normalized spacial score (nSPS) is 24.1. The number of carbonyl (C=O) groups excluding carboxylic acids is 1. The molecule has 0 aliphatic carbocycles. The summed E-state index contributed by atoms with van der Waals surface area (Å²) in [6.45, 7) is 12.1. The topological polar surface area (TPSA) is 61.6 Å². The van der Waals surface area contributed by atoms with Crippen LogP contribution in [0.3, 0.4) is 0 Å². The van der Waals surface area contributed by atoms with Crippen molar-refractivity contribution >= 4 is 5.91 Å². The van der Waals surface area contributed by atoms with Crippen LogP contribution in [0, 0.1) is 18.8 Å². The maximum absolute atomic E-state index is 13.0. The first-order chi connectivity index (χ1) is 11.5. The Morgan fingerprint density at radius 2 is 2.04 bits per heavy atom. The summed E-state index contributed by atoms with van der Waals surface area (Å²) >= 11 is 0. The van der Waals surface area contributed by atoms with Crippen LogP contribution in [0.5, 0.6) is 0 Å². The zero-order valence-electron chi connectivity index (χ0n) is 15.7. The Labute approximate surface area is 145 Å². The molecule has 1 fully saturated rings. The highest BCUT2D eigenvalue weighted by Crippen LogP contribution is 2.33. The molecule has 1 aliphatic heterocycles. The Morgan fingerprint density at radius 1 is 1.38 bits per heavy atom. The van der Waals surface area contributed by atoms with E-state index in [2.05, 4.69) is 30.8 Å². The molecule has 136 valence electrons. The van der Waals surface area contributed by atoms with Gasteiger partial charge in [-0.1, -0.05) is 27.2 Å². The molecule has 1 aromatic heterocycles.